The van der Waals surface area contributed by atoms with E-state index in [-0.39, 0.29) is 0 Å². The smallest absolute Gasteiger partial charge is 0.306 e. The number of nitrogens with two attached hydrogens (primary N) is 1. The highest BCUT2D eigenvalue weighted by Gasteiger charge is 2.31. The van der Waals surface area contributed by atoms with Crippen LogP contribution in [0.5, 0.6) is 0 Å². The fourth-order valence-electron chi connectivity index (χ4n) is 1.72. The van der Waals surface area contributed by atoms with Crippen molar-refractivity contribution >= 4 is 30.7 Å². The van der Waals surface area contributed by atoms with E-state index < -0.39 is 29.9 Å². The molecule has 8 nitrogen and oxygen atoms in total. The van der Waals surface area contributed by atoms with E-state index >= 15 is 0 Å². The summed E-state index contributed by atoms with van der Waals surface area (Å²) in [7, 11) is 0. The van der Waals surface area contributed by atoms with Crippen LogP contribution in [-0.2, 0) is 19.2 Å². The molecule has 1 amide bonds. The molecule has 0 aliphatic carbocycles. The van der Waals surface area contributed by atoms with Crippen molar-refractivity contribution in [3.05, 3.63) is 0 Å². The molecule has 0 aromatic rings. The summed E-state index contributed by atoms with van der Waals surface area (Å²) < 4.78 is 0. The normalized spacial score (nSPS) is 15.0. The molecule has 0 rings (SSSR count). The van der Waals surface area contributed by atoms with Gasteiger partial charge in [0.1, 0.15) is 24.2 Å². The first kappa shape index (κ1) is 19.9. The van der Waals surface area contributed by atoms with E-state index in [1.54, 1.807) is 0 Å². The van der Waals surface area contributed by atoms with Gasteiger partial charge in [0.05, 0.1) is 6.42 Å². The molecule has 22 heavy (non-hydrogen) atoms. The van der Waals surface area contributed by atoms with Crippen molar-refractivity contribution in [1.29, 1.82) is 0 Å². The van der Waals surface area contributed by atoms with E-state index in [9.17, 15) is 19.2 Å². The average Bonchev–Trinajstić information content (AvgIpc) is 2.45. The van der Waals surface area contributed by atoms with E-state index in [1.807, 2.05) is 0 Å². The zero-order valence-electron chi connectivity index (χ0n) is 12.7. The Kier molecular flexibility index (Phi) is 9.60. The Hall–Kier alpha value is -2.09. The Morgan fingerprint density at radius 2 is 2.05 bits per heavy atom. The highest BCUT2D eigenvalue weighted by Crippen LogP contribution is 2.10. The number of hydrogen-bond acceptors (Lipinski definition) is 6. The molecule has 0 saturated carbocycles. The number of rotatable bonds is 12. The number of carbonyl (C=O) groups is 4. The number of carboxylic acids is 1. The van der Waals surface area contributed by atoms with Crippen LogP contribution in [0.4, 0.5) is 0 Å². The first-order valence-electron chi connectivity index (χ1n) is 7.04. The summed E-state index contributed by atoms with van der Waals surface area (Å²) in [6, 6.07) is -0.761. The van der Waals surface area contributed by atoms with Crippen LogP contribution in [0.2, 0.25) is 0 Å². The summed E-state index contributed by atoms with van der Waals surface area (Å²) >= 11 is 0. The maximum absolute atomic E-state index is 12.2. The van der Waals surface area contributed by atoms with Gasteiger partial charge in [-0.1, -0.05) is 0 Å². The minimum Gasteiger partial charge on any atom is -0.481 e. The zero-order valence-corrected chi connectivity index (χ0v) is 12.7. The van der Waals surface area contributed by atoms with E-state index in [0.717, 1.165) is 6.29 Å². The topological polar surface area (TPSA) is 139 Å². The summed E-state index contributed by atoms with van der Waals surface area (Å²) in [5.41, 5.74) is 3.92. The summed E-state index contributed by atoms with van der Waals surface area (Å²) in [5.74, 6) is -1.73. The molecule has 0 spiro atoms. The largest absolute Gasteiger partial charge is 0.481 e. The van der Waals surface area contributed by atoms with Crippen molar-refractivity contribution < 1.29 is 24.3 Å². The number of aldehydes is 2. The molecule has 4 N–H and O–H groups in total. The van der Waals surface area contributed by atoms with Gasteiger partial charge >= 0.3 is 5.97 Å². The molecule has 0 fully saturated rings. The number of aliphatic imine (C=N–C) groups is 1. The summed E-state index contributed by atoms with van der Waals surface area (Å²) in [6.45, 7) is 1.72. The van der Waals surface area contributed by atoms with Gasteiger partial charge in [0.15, 0.2) is 0 Å². The molecule has 0 bridgehead atoms. The van der Waals surface area contributed by atoms with Gasteiger partial charge in [0, 0.05) is 12.6 Å². The van der Waals surface area contributed by atoms with E-state index in [2.05, 4.69) is 10.3 Å². The number of carbonyl (C=O) groups excluding carboxylic acids is 3. The Labute approximate surface area is 129 Å². The number of unbranched alkanes of at least 4 members (excludes halogenated alkanes) is 1. The molecule has 0 aliphatic rings. The predicted octanol–water partition coefficient (Wildman–Crippen LogP) is -0.308. The second-order valence-corrected chi connectivity index (χ2v) is 5.12. The number of nitrogens with one attached hydrogen (secondary N) is 1. The van der Waals surface area contributed by atoms with Crippen LogP contribution in [0.1, 0.15) is 39.0 Å². The third kappa shape index (κ3) is 8.25. The number of carboxylic acid groups (broad SMARTS) is 1. The fraction of sp³-hybridized carbons (Fsp3) is 0.643. The first-order chi connectivity index (χ1) is 10.4. The molecular weight excluding hydrogens is 290 g/mol. The van der Waals surface area contributed by atoms with Crippen LogP contribution in [0.15, 0.2) is 4.99 Å². The number of amides is 1. The van der Waals surface area contributed by atoms with Crippen LogP contribution in [0, 0.1) is 0 Å². The van der Waals surface area contributed by atoms with Crippen LogP contribution in [0.25, 0.3) is 0 Å². The van der Waals surface area contributed by atoms with Crippen LogP contribution >= 0.6 is 0 Å². The highest BCUT2D eigenvalue weighted by molar-refractivity contribution is 5.89. The first-order valence-corrected chi connectivity index (χ1v) is 7.04. The van der Waals surface area contributed by atoms with Crippen molar-refractivity contribution in [3.63, 3.8) is 0 Å². The molecule has 0 saturated heterocycles. The lowest BCUT2D eigenvalue weighted by Crippen LogP contribution is -2.51. The van der Waals surface area contributed by atoms with Crippen LogP contribution in [-0.4, -0.2) is 53.9 Å². The quantitative estimate of drug-likeness (QED) is 0.257. The Bertz CT molecular complexity index is 425. The molecular formula is C14H23N3O5. The standard InChI is InChI=1S/C14H23N3O5/c1-14(10-19,9-12(20)21)17-13(22)11(5-4-6-15)16-7-2-3-8-18/h7-8,10-11H,2-6,9,15H2,1H3,(H,17,22)(H,20,21). The maximum atomic E-state index is 12.2. The minimum atomic E-state index is -1.48. The van der Waals surface area contributed by atoms with Gasteiger partial charge < -0.3 is 25.7 Å². The Morgan fingerprint density at radius 1 is 1.36 bits per heavy atom. The van der Waals surface area contributed by atoms with E-state index in [4.69, 9.17) is 10.8 Å². The summed E-state index contributed by atoms with van der Waals surface area (Å²) in [4.78, 5) is 48.3. The zero-order chi connectivity index (χ0) is 17.0. The Balaban J connectivity index is 4.85. The average molecular weight is 313 g/mol. The number of aliphatic carboxylic acids is 1. The van der Waals surface area contributed by atoms with Gasteiger partial charge in [-0.3, -0.25) is 14.6 Å². The molecule has 2 atom stereocenters. The van der Waals surface area contributed by atoms with Crippen LogP contribution in [0.3, 0.4) is 0 Å². The predicted molar refractivity (Wildman–Crippen MR) is 80.7 cm³/mol. The van der Waals surface area contributed by atoms with Crippen molar-refractivity contribution in [2.45, 2.75) is 50.6 Å². The molecule has 8 heteroatoms. The fourth-order valence-corrected chi connectivity index (χ4v) is 1.72. The monoisotopic (exact) mass is 313 g/mol. The van der Waals surface area contributed by atoms with Gasteiger partial charge in [0.2, 0.25) is 5.91 Å². The molecule has 0 radical (unpaired) electrons. The summed E-state index contributed by atoms with van der Waals surface area (Å²) in [6.07, 6.45) is 3.76. The lowest BCUT2D eigenvalue weighted by molar-refractivity contribution is -0.140. The van der Waals surface area contributed by atoms with E-state index in [1.165, 1.54) is 13.1 Å². The second-order valence-electron chi connectivity index (χ2n) is 5.12. The van der Waals surface area contributed by atoms with Crippen molar-refractivity contribution in [3.8, 4) is 0 Å². The third-order valence-electron chi connectivity index (χ3n) is 2.87. The molecule has 0 aromatic heterocycles. The molecule has 0 aromatic carbocycles. The SMILES string of the molecule is CC(C=O)(CC(=O)O)NC(=O)C(CCCN)N=CCCC=O. The van der Waals surface area contributed by atoms with Crippen LogP contribution < -0.4 is 11.1 Å². The second kappa shape index (κ2) is 10.6. The van der Waals surface area contributed by atoms with Crippen molar-refractivity contribution in [2.24, 2.45) is 10.7 Å². The van der Waals surface area contributed by atoms with Crippen molar-refractivity contribution in [1.82, 2.24) is 5.32 Å². The maximum Gasteiger partial charge on any atom is 0.306 e. The summed E-state index contributed by atoms with van der Waals surface area (Å²) in [5, 5.41) is 11.2. The molecule has 2 unspecified atom stereocenters. The highest BCUT2D eigenvalue weighted by atomic mass is 16.4. The molecule has 0 aliphatic heterocycles. The lowest BCUT2D eigenvalue weighted by atomic mass is 9.99. The van der Waals surface area contributed by atoms with Crippen molar-refractivity contribution in [2.75, 3.05) is 6.54 Å². The van der Waals surface area contributed by atoms with Gasteiger partial charge in [-0.2, -0.15) is 0 Å². The van der Waals surface area contributed by atoms with Gasteiger partial charge in [0.25, 0.3) is 0 Å². The van der Waals surface area contributed by atoms with Gasteiger partial charge in [-0.05, 0) is 32.7 Å². The number of hydrogen-bond donors (Lipinski definition) is 3. The lowest BCUT2D eigenvalue weighted by Gasteiger charge is -2.24. The van der Waals surface area contributed by atoms with Gasteiger partial charge in [-0.15, -0.1) is 0 Å². The minimum absolute atomic E-state index is 0.305. The van der Waals surface area contributed by atoms with Gasteiger partial charge in [-0.25, -0.2) is 0 Å². The third-order valence-corrected chi connectivity index (χ3v) is 2.87. The number of nitrogens with zero attached hydrogens (tertiary/aromatic N) is 1. The molecule has 124 valence electrons. The molecule has 0 heterocycles. The van der Waals surface area contributed by atoms with E-state index in [0.29, 0.717) is 38.5 Å². The Morgan fingerprint density at radius 3 is 2.55 bits per heavy atom.